The molecule has 1 N–H and O–H groups in total. The maximum absolute atomic E-state index is 12.2. The van der Waals surface area contributed by atoms with Crippen molar-refractivity contribution < 1.29 is 17.9 Å². The zero-order valence-electron chi connectivity index (χ0n) is 11.9. The number of ether oxygens (including phenoxy) is 1. The number of carbonyl (C=O) groups excluding carboxylic acids is 1. The quantitative estimate of drug-likeness (QED) is 0.913. The van der Waals surface area contributed by atoms with Crippen LogP contribution < -0.4 is 10.1 Å². The van der Waals surface area contributed by atoms with Crippen LogP contribution in [0.15, 0.2) is 24.3 Å². The van der Waals surface area contributed by atoms with E-state index in [4.69, 9.17) is 16.3 Å². The largest absolute Gasteiger partial charge is 0.478 e. The number of sulfone groups is 1. The van der Waals surface area contributed by atoms with Gasteiger partial charge in [-0.05, 0) is 44.5 Å². The van der Waals surface area contributed by atoms with Crippen molar-refractivity contribution in [1.29, 1.82) is 0 Å². The van der Waals surface area contributed by atoms with E-state index in [1.165, 1.54) is 0 Å². The number of carbonyl (C=O) groups is 1. The molecule has 1 aromatic rings. The molecule has 1 unspecified atom stereocenters. The summed E-state index contributed by atoms with van der Waals surface area (Å²) in [5, 5.41) is 3.32. The molecule has 21 heavy (non-hydrogen) atoms. The van der Waals surface area contributed by atoms with E-state index in [1.54, 1.807) is 38.1 Å². The van der Waals surface area contributed by atoms with Gasteiger partial charge in [-0.2, -0.15) is 0 Å². The van der Waals surface area contributed by atoms with E-state index in [2.05, 4.69) is 5.32 Å². The fourth-order valence-corrected chi connectivity index (χ4v) is 3.91. The molecule has 1 saturated heterocycles. The summed E-state index contributed by atoms with van der Waals surface area (Å²) in [5.41, 5.74) is -1.10. The topological polar surface area (TPSA) is 72.5 Å². The van der Waals surface area contributed by atoms with E-state index < -0.39 is 15.4 Å². The minimum atomic E-state index is -3.02. The molecule has 2 rings (SSSR count). The molecule has 0 bridgehead atoms. The molecule has 7 heteroatoms. The molecule has 0 saturated carbocycles. The Morgan fingerprint density at radius 1 is 1.33 bits per heavy atom. The van der Waals surface area contributed by atoms with Crippen LogP contribution >= 0.6 is 11.6 Å². The number of hydrogen-bond acceptors (Lipinski definition) is 4. The Balaban J connectivity index is 1.98. The minimum Gasteiger partial charge on any atom is -0.478 e. The van der Waals surface area contributed by atoms with Gasteiger partial charge in [-0.1, -0.05) is 11.6 Å². The van der Waals surface area contributed by atoms with Crippen LogP contribution in [0.4, 0.5) is 0 Å². The predicted molar refractivity (Wildman–Crippen MR) is 81.4 cm³/mol. The highest BCUT2D eigenvalue weighted by Crippen LogP contribution is 2.21. The van der Waals surface area contributed by atoms with Crippen LogP contribution in [-0.4, -0.2) is 37.5 Å². The first-order valence-corrected chi connectivity index (χ1v) is 8.84. The third-order valence-corrected chi connectivity index (χ3v) is 5.32. The number of nitrogens with one attached hydrogen (secondary N) is 1. The maximum atomic E-state index is 12.2. The van der Waals surface area contributed by atoms with Gasteiger partial charge in [0.1, 0.15) is 5.75 Å². The third-order valence-electron chi connectivity index (χ3n) is 3.30. The van der Waals surface area contributed by atoms with Crippen LogP contribution in [0.25, 0.3) is 0 Å². The lowest BCUT2D eigenvalue weighted by atomic mass is 10.1. The van der Waals surface area contributed by atoms with E-state index in [1.807, 2.05) is 0 Å². The SMILES string of the molecule is CC(C)(Oc1ccc(Cl)cc1)C(=O)NC1CCS(=O)(=O)C1. The van der Waals surface area contributed by atoms with Crippen LogP contribution in [0.5, 0.6) is 5.75 Å². The first-order valence-electron chi connectivity index (χ1n) is 6.64. The first kappa shape index (κ1) is 16.1. The monoisotopic (exact) mass is 331 g/mol. The van der Waals surface area contributed by atoms with Crippen molar-refractivity contribution in [1.82, 2.24) is 5.32 Å². The number of amides is 1. The highest BCUT2D eigenvalue weighted by molar-refractivity contribution is 7.91. The standard InChI is InChI=1S/C14H18ClNO4S/c1-14(2,20-12-5-3-10(15)4-6-12)13(17)16-11-7-8-21(18,19)9-11/h3-6,11H,7-9H2,1-2H3,(H,16,17). The molecule has 0 spiro atoms. The second-order valence-corrected chi connectivity index (χ2v) is 8.30. The molecule has 1 heterocycles. The smallest absolute Gasteiger partial charge is 0.263 e. The molecular formula is C14H18ClNO4S. The Hall–Kier alpha value is -1.27. The van der Waals surface area contributed by atoms with Crippen LogP contribution in [0, 0.1) is 0 Å². The molecular weight excluding hydrogens is 314 g/mol. The van der Waals surface area contributed by atoms with Crippen LogP contribution in [-0.2, 0) is 14.6 Å². The van der Waals surface area contributed by atoms with Crippen molar-refractivity contribution in [2.75, 3.05) is 11.5 Å². The van der Waals surface area contributed by atoms with Crippen molar-refractivity contribution in [3.05, 3.63) is 29.3 Å². The number of hydrogen-bond donors (Lipinski definition) is 1. The van der Waals surface area contributed by atoms with E-state index in [0.29, 0.717) is 17.2 Å². The normalized spacial score (nSPS) is 21.0. The average molecular weight is 332 g/mol. The van der Waals surface area contributed by atoms with Gasteiger partial charge < -0.3 is 10.1 Å². The van der Waals surface area contributed by atoms with Crippen LogP contribution in [0.3, 0.4) is 0 Å². The Morgan fingerprint density at radius 2 is 1.95 bits per heavy atom. The Morgan fingerprint density at radius 3 is 2.48 bits per heavy atom. The van der Waals surface area contributed by atoms with E-state index in [9.17, 15) is 13.2 Å². The summed E-state index contributed by atoms with van der Waals surface area (Å²) in [6.45, 7) is 3.28. The Bertz CT molecular complexity index is 625. The highest BCUT2D eigenvalue weighted by Gasteiger charge is 2.35. The molecule has 1 amide bonds. The van der Waals surface area contributed by atoms with Gasteiger partial charge in [0.2, 0.25) is 0 Å². The van der Waals surface area contributed by atoms with Crippen molar-refractivity contribution in [2.24, 2.45) is 0 Å². The van der Waals surface area contributed by atoms with Crippen LogP contribution in [0.1, 0.15) is 20.3 Å². The molecule has 0 aliphatic carbocycles. The second-order valence-electron chi connectivity index (χ2n) is 5.64. The Kier molecular flexibility index (Phi) is 4.49. The second kappa shape index (κ2) is 5.85. The predicted octanol–water partition coefficient (Wildman–Crippen LogP) is 1.80. The third kappa shape index (κ3) is 4.35. The lowest BCUT2D eigenvalue weighted by molar-refractivity contribution is -0.134. The van der Waals surface area contributed by atoms with Gasteiger partial charge in [0.15, 0.2) is 15.4 Å². The summed E-state index contributed by atoms with van der Waals surface area (Å²) in [6.07, 6.45) is 0.450. The molecule has 1 aromatic carbocycles. The van der Waals surface area contributed by atoms with E-state index >= 15 is 0 Å². The molecule has 1 fully saturated rings. The molecule has 116 valence electrons. The maximum Gasteiger partial charge on any atom is 0.263 e. The van der Waals surface area contributed by atoms with E-state index in [0.717, 1.165) is 0 Å². The van der Waals surface area contributed by atoms with E-state index in [-0.39, 0.29) is 23.5 Å². The summed E-state index contributed by atoms with van der Waals surface area (Å²) >= 11 is 5.79. The van der Waals surface area contributed by atoms with Crippen molar-refractivity contribution in [3.8, 4) is 5.75 Å². The summed E-state index contributed by atoms with van der Waals surface area (Å²) < 4.78 is 28.5. The van der Waals surface area contributed by atoms with Crippen molar-refractivity contribution in [2.45, 2.75) is 31.9 Å². The van der Waals surface area contributed by atoms with Gasteiger partial charge in [-0.15, -0.1) is 0 Å². The van der Waals surface area contributed by atoms with Gasteiger partial charge in [-0.3, -0.25) is 4.79 Å². The first-order chi connectivity index (χ1) is 9.68. The summed E-state index contributed by atoms with van der Waals surface area (Å²) in [5.74, 6) is 0.310. The number of rotatable bonds is 4. The van der Waals surface area contributed by atoms with Gasteiger partial charge in [-0.25, -0.2) is 8.42 Å². The zero-order valence-corrected chi connectivity index (χ0v) is 13.5. The summed E-state index contributed by atoms with van der Waals surface area (Å²) in [4.78, 5) is 12.2. The number of halogens is 1. The molecule has 0 aromatic heterocycles. The van der Waals surface area contributed by atoms with Crippen molar-refractivity contribution in [3.63, 3.8) is 0 Å². The summed E-state index contributed by atoms with van der Waals surface area (Å²) in [6, 6.07) is 6.37. The average Bonchev–Trinajstić information content (AvgIpc) is 2.71. The lowest BCUT2D eigenvalue weighted by Crippen LogP contribution is -2.50. The lowest BCUT2D eigenvalue weighted by Gasteiger charge is -2.26. The number of benzene rings is 1. The fourth-order valence-electron chi connectivity index (χ4n) is 2.11. The van der Waals surface area contributed by atoms with Crippen LogP contribution in [0.2, 0.25) is 5.02 Å². The van der Waals surface area contributed by atoms with Gasteiger partial charge in [0, 0.05) is 11.1 Å². The molecule has 5 nitrogen and oxygen atoms in total. The van der Waals surface area contributed by atoms with Crippen molar-refractivity contribution >= 4 is 27.3 Å². The van der Waals surface area contributed by atoms with Gasteiger partial charge in [0.25, 0.3) is 5.91 Å². The highest BCUT2D eigenvalue weighted by atomic mass is 35.5. The summed E-state index contributed by atoms with van der Waals surface area (Å²) in [7, 11) is -3.02. The molecule has 1 aliphatic heterocycles. The molecule has 1 aliphatic rings. The fraction of sp³-hybridized carbons (Fsp3) is 0.500. The van der Waals surface area contributed by atoms with Gasteiger partial charge >= 0.3 is 0 Å². The zero-order chi connectivity index (χ0) is 15.7. The Labute approximate surface area is 129 Å². The minimum absolute atomic E-state index is 0.00420. The van der Waals surface area contributed by atoms with Gasteiger partial charge in [0.05, 0.1) is 11.5 Å². The molecule has 1 atom stereocenters. The molecule has 0 radical (unpaired) electrons.